The van der Waals surface area contributed by atoms with Crippen LogP contribution in [-0.2, 0) is 14.3 Å². The third-order valence-corrected chi connectivity index (χ3v) is 5.07. The van der Waals surface area contributed by atoms with Crippen LogP contribution in [0.15, 0.2) is 24.3 Å². The summed E-state index contributed by atoms with van der Waals surface area (Å²) < 4.78 is 5.80. The van der Waals surface area contributed by atoms with Gasteiger partial charge in [0.25, 0.3) is 5.91 Å². The van der Waals surface area contributed by atoms with Gasteiger partial charge in [-0.25, -0.2) is 0 Å². The van der Waals surface area contributed by atoms with Crippen LogP contribution < -0.4 is 0 Å². The summed E-state index contributed by atoms with van der Waals surface area (Å²) in [6.07, 6.45) is 1.49. The summed E-state index contributed by atoms with van der Waals surface area (Å²) in [7, 11) is 1.77. The highest BCUT2D eigenvalue weighted by atomic mass is 16.5. The Kier molecular flexibility index (Phi) is 5.13. The van der Waals surface area contributed by atoms with Crippen molar-refractivity contribution in [3.63, 3.8) is 0 Å². The zero-order valence-electron chi connectivity index (χ0n) is 15.6. The maximum absolute atomic E-state index is 13.3. The van der Waals surface area contributed by atoms with E-state index >= 15 is 0 Å². The lowest BCUT2D eigenvalue weighted by molar-refractivity contribution is -0.168. The lowest BCUT2D eigenvalue weighted by Gasteiger charge is -2.41. The molecule has 0 unspecified atom stereocenters. The average Bonchev–Trinajstić information content (AvgIpc) is 3.40. The van der Waals surface area contributed by atoms with Gasteiger partial charge in [-0.15, -0.1) is 0 Å². The standard InChI is InChI=1S/C20H28N2O3/c1-13(2)11-22(15-9-10-15)20(24)19-18(21(4)17(23)12-25-19)16-8-6-5-7-14(16)3/h5-8,13,15,18-19H,9-12H2,1-4H3/t18-,19+/m1/s1. The summed E-state index contributed by atoms with van der Waals surface area (Å²) in [5.74, 6) is 0.340. The van der Waals surface area contributed by atoms with E-state index in [-0.39, 0.29) is 24.5 Å². The molecule has 136 valence electrons. The molecule has 5 heteroatoms. The van der Waals surface area contributed by atoms with Crippen molar-refractivity contribution in [3.05, 3.63) is 35.4 Å². The third kappa shape index (κ3) is 3.71. The van der Waals surface area contributed by atoms with Gasteiger partial charge < -0.3 is 14.5 Å². The molecule has 1 aliphatic carbocycles. The molecule has 1 heterocycles. The highest BCUT2D eigenvalue weighted by molar-refractivity contribution is 5.87. The molecule has 2 amide bonds. The van der Waals surface area contributed by atoms with E-state index in [9.17, 15) is 9.59 Å². The molecule has 2 fully saturated rings. The van der Waals surface area contributed by atoms with Gasteiger partial charge in [-0.3, -0.25) is 9.59 Å². The number of benzene rings is 1. The minimum Gasteiger partial charge on any atom is -0.356 e. The van der Waals surface area contributed by atoms with Crippen molar-refractivity contribution in [2.45, 2.75) is 51.8 Å². The highest BCUT2D eigenvalue weighted by Gasteiger charge is 2.45. The molecule has 0 N–H and O–H groups in total. The zero-order valence-corrected chi connectivity index (χ0v) is 15.6. The van der Waals surface area contributed by atoms with Gasteiger partial charge in [-0.1, -0.05) is 38.1 Å². The molecule has 2 atom stereocenters. The molecule has 2 aliphatic rings. The number of aryl methyl sites for hydroxylation is 1. The van der Waals surface area contributed by atoms with E-state index in [0.29, 0.717) is 12.0 Å². The summed E-state index contributed by atoms with van der Waals surface area (Å²) in [4.78, 5) is 29.2. The molecule has 0 spiro atoms. The Balaban J connectivity index is 1.92. The van der Waals surface area contributed by atoms with Crippen molar-refractivity contribution < 1.29 is 14.3 Å². The van der Waals surface area contributed by atoms with Gasteiger partial charge in [0.1, 0.15) is 6.61 Å². The molecule has 0 bridgehead atoms. The fourth-order valence-electron chi connectivity index (χ4n) is 3.57. The van der Waals surface area contributed by atoms with Crippen molar-refractivity contribution in [2.24, 2.45) is 5.92 Å². The van der Waals surface area contributed by atoms with Gasteiger partial charge in [-0.2, -0.15) is 0 Å². The SMILES string of the molecule is Cc1ccccc1[C@@H]1[C@@H](C(=O)N(CC(C)C)C2CC2)OCC(=O)N1C. The molecule has 1 aromatic carbocycles. The number of nitrogens with zero attached hydrogens (tertiary/aromatic N) is 2. The number of carbonyl (C=O) groups excluding carboxylic acids is 2. The van der Waals surface area contributed by atoms with E-state index in [0.717, 1.165) is 30.5 Å². The molecule has 1 saturated heterocycles. The molecular formula is C20H28N2O3. The quantitative estimate of drug-likeness (QED) is 0.825. The van der Waals surface area contributed by atoms with Crippen molar-refractivity contribution in [1.29, 1.82) is 0 Å². The Bertz CT molecular complexity index is 654. The second-order valence-corrected chi connectivity index (χ2v) is 7.65. The van der Waals surface area contributed by atoms with E-state index in [4.69, 9.17) is 4.74 Å². The van der Waals surface area contributed by atoms with Crippen LogP contribution in [0.4, 0.5) is 0 Å². The molecule has 0 radical (unpaired) electrons. The first-order valence-corrected chi connectivity index (χ1v) is 9.13. The van der Waals surface area contributed by atoms with Crippen LogP contribution in [0.1, 0.15) is 43.9 Å². The lowest BCUT2D eigenvalue weighted by atomic mass is 9.93. The molecule has 25 heavy (non-hydrogen) atoms. The Morgan fingerprint density at radius 2 is 2.00 bits per heavy atom. The maximum atomic E-state index is 13.3. The summed E-state index contributed by atoms with van der Waals surface area (Å²) in [5, 5.41) is 0. The first kappa shape index (κ1) is 17.9. The fourth-order valence-corrected chi connectivity index (χ4v) is 3.57. The molecule has 5 nitrogen and oxygen atoms in total. The fraction of sp³-hybridized carbons (Fsp3) is 0.600. The number of rotatable bonds is 5. The van der Waals surface area contributed by atoms with Gasteiger partial charge in [0.05, 0.1) is 6.04 Å². The molecule has 3 rings (SSSR count). The maximum Gasteiger partial charge on any atom is 0.254 e. The Morgan fingerprint density at radius 3 is 2.60 bits per heavy atom. The second kappa shape index (κ2) is 7.16. The summed E-state index contributed by atoms with van der Waals surface area (Å²) in [6.45, 7) is 6.96. The van der Waals surface area contributed by atoms with E-state index in [1.807, 2.05) is 36.1 Å². The summed E-state index contributed by atoms with van der Waals surface area (Å²) in [5.41, 5.74) is 2.05. The van der Waals surface area contributed by atoms with Crippen LogP contribution in [0.25, 0.3) is 0 Å². The van der Waals surface area contributed by atoms with E-state index in [1.54, 1.807) is 11.9 Å². The van der Waals surface area contributed by atoms with E-state index < -0.39 is 6.10 Å². The number of carbonyl (C=O) groups is 2. The minimum atomic E-state index is -0.636. The monoisotopic (exact) mass is 344 g/mol. The van der Waals surface area contributed by atoms with Gasteiger partial charge >= 0.3 is 0 Å². The number of amides is 2. The zero-order chi connectivity index (χ0) is 18.1. The predicted molar refractivity (Wildman–Crippen MR) is 96.0 cm³/mol. The molecule has 1 aliphatic heterocycles. The normalized spacial score (nSPS) is 23.9. The number of hydrogen-bond donors (Lipinski definition) is 0. The third-order valence-electron chi connectivity index (χ3n) is 5.07. The molecule has 1 aromatic rings. The largest absolute Gasteiger partial charge is 0.356 e. The van der Waals surface area contributed by atoms with Gasteiger partial charge in [0, 0.05) is 19.6 Å². The Labute approximate surface area is 149 Å². The van der Waals surface area contributed by atoms with Crippen LogP contribution >= 0.6 is 0 Å². The predicted octanol–water partition coefficient (Wildman–Crippen LogP) is 2.54. The molecule has 0 aromatic heterocycles. The van der Waals surface area contributed by atoms with Crippen molar-refractivity contribution in [2.75, 3.05) is 20.2 Å². The topological polar surface area (TPSA) is 49.9 Å². The van der Waals surface area contributed by atoms with Crippen LogP contribution in [-0.4, -0.2) is 54.0 Å². The van der Waals surface area contributed by atoms with Gasteiger partial charge in [0.15, 0.2) is 6.10 Å². The van der Waals surface area contributed by atoms with Crippen molar-refractivity contribution >= 4 is 11.8 Å². The van der Waals surface area contributed by atoms with Gasteiger partial charge in [0.2, 0.25) is 5.91 Å². The van der Waals surface area contributed by atoms with Crippen LogP contribution in [0.2, 0.25) is 0 Å². The molecular weight excluding hydrogens is 316 g/mol. The van der Waals surface area contributed by atoms with E-state index in [1.165, 1.54) is 0 Å². The van der Waals surface area contributed by atoms with Crippen molar-refractivity contribution in [3.8, 4) is 0 Å². The molecule has 1 saturated carbocycles. The van der Waals surface area contributed by atoms with E-state index in [2.05, 4.69) is 13.8 Å². The summed E-state index contributed by atoms with van der Waals surface area (Å²) in [6, 6.07) is 7.88. The summed E-state index contributed by atoms with van der Waals surface area (Å²) >= 11 is 0. The first-order chi connectivity index (χ1) is 11.9. The van der Waals surface area contributed by atoms with Gasteiger partial charge in [-0.05, 0) is 36.8 Å². The van der Waals surface area contributed by atoms with Crippen molar-refractivity contribution in [1.82, 2.24) is 9.80 Å². The lowest BCUT2D eigenvalue weighted by Crippen LogP contribution is -2.54. The first-order valence-electron chi connectivity index (χ1n) is 9.13. The van der Waals surface area contributed by atoms with Crippen LogP contribution in [0.5, 0.6) is 0 Å². The smallest absolute Gasteiger partial charge is 0.254 e. The second-order valence-electron chi connectivity index (χ2n) is 7.65. The Morgan fingerprint density at radius 1 is 1.32 bits per heavy atom. The highest BCUT2D eigenvalue weighted by Crippen LogP contribution is 2.35. The number of likely N-dealkylation sites (N-methyl/N-ethyl adjacent to an activating group) is 1. The minimum absolute atomic E-state index is 0.0174. The number of hydrogen-bond acceptors (Lipinski definition) is 3. The number of morpholine rings is 1. The van der Waals surface area contributed by atoms with Crippen LogP contribution in [0, 0.1) is 12.8 Å². The number of ether oxygens (including phenoxy) is 1. The average molecular weight is 344 g/mol. The Hall–Kier alpha value is -1.88. The van der Waals surface area contributed by atoms with Crippen LogP contribution in [0.3, 0.4) is 0 Å².